The molecule has 1 amide bonds. The molecule has 0 saturated heterocycles. The minimum Gasteiger partial charge on any atom is -0.479 e. The number of alkyl halides is 1. The highest BCUT2D eigenvalue weighted by molar-refractivity contribution is 6.17. The highest BCUT2D eigenvalue weighted by atomic mass is 35.5. The molecule has 0 aromatic rings. The number of carbonyl (C=O) groups excluding carboxylic acids is 1. The van der Waals surface area contributed by atoms with E-state index < -0.39 is 23.2 Å². The van der Waals surface area contributed by atoms with Gasteiger partial charge in [0.2, 0.25) is 0 Å². The third-order valence-electron chi connectivity index (χ3n) is 2.67. The van der Waals surface area contributed by atoms with Crippen molar-refractivity contribution in [2.45, 2.75) is 44.8 Å². The van der Waals surface area contributed by atoms with Gasteiger partial charge in [-0.3, -0.25) is 0 Å². The molecule has 0 aromatic carbocycles. The molecule has 0 aromatic heterocycles. The van der Waals surface area contributed by atoms with Crippen molar-refractivity contribution in [3.63, 3.8) is 0 Å². The predicted molar refractivity (Wildman–Crippen MR) is 63.2 cm³/mol. The molecule has 1 saturated carbocycles. The zero-order valence-corrected chi connectivity index (χ0v) is 11.0. The van der Waals surface area contributed by atoms with Gasteiger partial charge in [-0.05, 0) is 39.5 Å². The van der Waals surface area contributed by atoms with Gasteiger partial charge in [-0.1, -0.05) is 0 Å². The molecule has 5 nitrogen and oxygen atoms in total. The molecule has 1 aliphatic carbocycles. The van der Waals surface area contributed by atoms with Crippen molar-refractivity contribution in [2.75, 3.05) is 5.88 Å². The molecular weight excluding hydrogens is 246 g/mol. The molecule has 17 heavy (non-hydrogen) atoms. The van der Waals surface area contributed by atoms with Crippen LogP contribution in [0.1, 0.15) is 33.6 Å². The smallest absolute Gasteiger partial charge is 0.408 e. The number of aliphatic carboxylic acids is 1. The van der Waals surface area contributed by atoms with Crippen LogP contribution >= 0.6 is 11.6 Å². The van der Waals surface area contributed by atoms with E-state index in [0.717, 1.165) is 0 Å². The van der Waals surface area contributed by atoms with Crippen LogP contribution in [-0.4, -0.2) is 34.2 Å². The first-order chi connectivity index (χ1) is 7.71. The van der Waals surface area contributed by atoms with Gasteiger partial charge in [-0.15, -0.1) is 11.6 Å². The number of carbonyl (C=O) groups is 2. The Morgan fingerprint density at radius 1 is 1.53 bits per heavy atom. The summed E-state index contributed by atoms with van der Waals surface area (Å²) in [4.78, 5) is 22.7. The Balaban J connectivity index is 2.59. The quantitative estimate of drug-likeness (QED) is 0.761. The molecule has 1 aliphatic rings. The molecule has 0 aliphatic heterocycles. The van der Waals surface area contributed by atoms with Crippen molar-refractivity contribution in [3.8, 4) is 0 Å². The van der Waals surface area contributed by atoms with Crippen LogP contribution in [0.2, 0.25) is 0 Å². The number of carboxylic acid groups (broad SMARTS) is 1. The molecule has 2 N–H and O–H groups in total. The monoisotopic (exact) mass is 263 g/mol. The van der Waals surface area contributed by atoms with Crippen molar-refractivity contribution in [1.29, 1.82) is 0 Å². The molecular formula is C11H18ClNO4. The summed E-state index contributed by atoms with van der Waals surface area (Å²) < 4.78 is 5.04. The van der Waals surface area contributed by atoms with Gasteiger partial charge < -0.3 is 15.2 Å². The fourth-order valence-electron chi connectivity index (χ4n) is 1.76. The predicted octanol–water partition coefficient (Wildman–Crippen LogP) is 1.98. The van der Waals surface area contributed by atoms with Gasteiger partial charge in [0.25, 0.3) is 0 Å². The summed E-state index contributed by atoms with van der Waals surface area (Å²) in [5, 5.41) is 11.6. The molecule has 1 fully saturated rings. The molecule has 2 atom stereocenters. The van der Waals surface area contributed by atoms with Crippen LogP contribution in [0.3, 0.4) is 0 Å². The number of halogens is 1. The number of hydrogen-bond acceptors (Lipinski definition) is 3. The summed E-state index contributed by atoms with van der Waals surface area (Å²) in [5.41, 5.74) is -1.82. The molecule has 1 rings (SSSR count). The van der Waals surface area contributed by atoms with Gasteiger partial charge >= 0.3 is 12.1 Å². The standard InChI is InChI=1S/C11H18ClNO4/c1-10(2,3)17-9(16)13-11(8(14)15)6-7(11)4-5-12/h7H,4-6H2,1-3H3,(H,13,16)(H,14,15)/t7-,11-/m1/s1. The topological polar surface area (TPSA) is 75.6 Å². The number of carboxylic acids is 1. The first kappa shape index (κ1) is 14.1. The Morgan fingerprint density at radius 3 is 2.53 bits per heavy atom. The molecule has 6 heteroatoms. The van der Waals surface area contributed by atoms with Crippen molar-refractivity contribution in [3.05, 3.63) is 0 Å². The first-order valence-corrected chi connectivity index (χ1v) is 6.05. The third kappa shape index (κ3) is 3.49. The Hall–Kier alpha value is -0.970. The van der Waals surface area contributed by atoms with Crippen LogP contribution in [0.5, 0.6) is 0 Å². The van der Waals surface area contributed by atoms with E-state index in [1.807, 2.05) is 0 Å². The van der Waals surface area contributed by atoms with Gasteiger partial charge in [0.15, 0.2) is 0 Å². The van der Waals surface area contributed by atoms with Crippen LogP contribution in [0.25, 0.3) is 0 Å². The molecule has 0 bridgehead atoms. The van der Waals surface area contributed by atoms with E-state index in [0.29, 0.717) is 18.7 Å². The van der Waals surface area contributed by atoms with Crippen LogP contribution < -0.4 is 5.32 Å². The molecule has 0 heterocycles. The van der Waals surface area contributed by atoms with E-state index in [-0.39, 0.29) is 5.92 Å². The molecule has 0 radical (unpaired) electrons. The normalized spacial score (nSPS) is 27.4. The average molecular weight is 264 g/mol. The molecule has 98 valence electrons. The van der Waals surface area contributed by atoms with Gasteiger partial charge in [0, 0.05) is 5.88 Å². The van der Waals surface area contributed by atoms with E-state index in [1.165, 1.54) is 0 Å². The second-order valence-electron chi connectivity index (χ2n) is 5.28. The Bertz CT molecular complexity index is 326. The van der Waals surface area contributed by atoms with E-state index in [9.17, 15) is 9.59 Å². The van der Waals surface area contributed by atoms with E-state index in [2.05, 4.69) is 5.32 Å². The van der Waals surface area contributed by atoms with Crippen LogP contribution in [0.15, 0.2) is 0 Å². The zero-order valence-electron chi connectivity index (χ0n) is 10.2. The first-order valence-electron chi connectivity index (χ1n) is 5.52. The third-order valence-corrected chi connectivity index (χ3v) is 2.89. The maximum atomic E-state index is 11.5. The highest BCUT2D eigenvalue weighted by Gasteiger charge is 2.61. The van der Waals surface area contributed by atoms with Crippen molar-refractivity contribution >= 4 is 23.7 Å². The fourth-order valence-corrected chi connectivity index (χ4v) is 2.03. The van der Waals surface area contributed by atoms with Crippen LogP contribution in [0, 0.1) is 5.92 Å². The highest BCUT2D eigenvalue weighted by Crippen LogP contribution is 2.46. The van der Waals surface area contributed by atoms with Crippen molar-refractivity contribution in [2.24, 2.45) is 5.92 Å². The van der Waals surface area contributed by atoms with E-state index in [1.54, 1.807) is 20.8 Å². The zero-order chi connectivity index (χ0) is 13.3. The minimum atomic E-state index is -1.18. The summed E-state index contributed by atoms with van der Waals surface area (Å²) in [6, 6.07) is 0. The summed E-state index contributed by atoms with van der Waals surface area (Å²) >= 11 is 5.57. The second kappa shape index (κ2) is 4.72. The van der Waals surface area contributed by atoms with Crippen molar-refractivity contribution in [1.82, 2.24) is 5.32 Å². The van der Waals surface area contributed by atoms with Gasteiger partial charge in [-0.2, -0.15) is 0 Å². The molecule has 0 spiro atoms. The van der Waals surface area contributed by atoms with E-state index in [4.69, 9.17) is 21.4 Å². The number of nitrogens with one attached hydrogen (secondary N) is 1. The van der Waals surface area contributed by atoms with Gasteiger partial charge in [0.05, 0.1) is 0 Å². The molecule has 0 unspecified atom stereocenters. The lowest BCUT2D eigenvalue weighted by atomic mass is 10.1. The average Bonchev–Trinajstić information content (AvgIpc) is 2.76. The lowest BCUT2D eigenvalue weighted by Crippen LogP contribution is -2.47. The van der Waals surface area contributed by atoms with Crippen LogP contribution in [0.4, 0.5) is 4.79 Å². The Morgan fingerprint density at radius 2 is 2.12 bits per heavy atom. The van der Waals surface area contributed by atoms with Gasteiger partial charge in [-0.25, -0.2) is 9.59 Å². The number of ether oxygens (including phenoxy) is 1. The lowest BCUT2D eigenvalue weighted by molar-refractivity contribution is -0.141. The Labute approximate surface area is 105 Å². The van der Waals surface area contributed by atoms with Gasteiger partial charge in [0.1, 0.15) is 11.1 Å². The number of hydrogen-bond donors (Lipinski definition) is 2. The lowest BCUT2D eigenvalue weighted by Gasteiger charge is -2.22. The van der Waals surface area contributed by atoms with E-state index >= 15 is 0 Å². The largest absolute Gasteiger partial charge is 0.479 e. The second-order valence-corrected chi connectivity index (χ2v) is 5.66. The Kier molecular flexibility index (Phi) is 3.91. The minimum absolute atomic E-state index is 0.106. The summed E-state index contributed by atoms with van der Waals surface area (Å²) in [7, 11) is 0. The van der Waals surface area contributed by atoms with Crippen molar-refractivity contribution < 1.29 is 19.4 Å². The maximum Gasteiger partial charge on any atom is 0.408 e. The fraction of sp³-hybridized carbons (Fsp3) is 0.818. The maximum absolute atomic E-state index is 11.5. The summed E-state index contributed by atoms with van der Waals surface area (Å²) in [6.45, 7) is 5.18. The number of amides is 1. The summed E-state index contributed by atoms with van der Waals surface area (Å²) in [6.07, 6.45) is 0.287. The SMILES string of the molecule is CC(C)(C)OC(=O)N[C@]1(C(=O)O)C[C@H]1CCCl. The van der Waals surface area contributed by atoms with Crippen LogP contribution in [-0.2, 0) is 9.53 Å². The number of alkyl carbamates (subject to hydrolysis) is 1. The summed E-state index contributed by atoms with van der Waals surface area (Å²) in [5.74, 6) is -0.751. The number of rotatable bonds is 4.